The van der Waals surface area contributed by atoms with Crippen molar-refractivity contribution < 1.29 is 79.1 Å². The van der Waals surface area contributed by atoms with Crippen LogP contribution in [-0.2, 0) is 33.2 Å². The van der Waals surface area contributed by atoms with Crippen LogP contribution in [0.1, 0.15) is 0 Å². The summed E-state index contributed by atoms with van der Waals surface area (Å²) in [6.07, 6.45) is -23.0. The van der Waals surface area contributed by atoms with Gasteiger partial charge in [-0.25, -0.2) is 0 Å². The van der Waals surface area contributed by atoms with E-state index in [1.54, 1.807) is 0 Å². The highest BCUT2D eigenvalue weighted by atomic mass is 16.8. The summed E-state index contributed by atoms with van der Waals surface area (Å²) in [6.45, 7) is -1.60. The van der Waals surface area contributed by atoms with Crippen molar-refractivity contribution in [2.24, 2.45) is 0 Å². The Bertz CT molecular complexity index is 668. The first kappa shape index (κ1) is 29.9. The Balaban J connectivity index is 1.71. The van der Waals surface area contributed by atoms with Crippen LogP contribution in [0.3, 0.4) is 0 Å². The summed E-state index contributed by atoms with van der Waals surface area (Å²) >= 11 is 0. The van der Waals surface area contributed by atoms with Gasteiger partial charge < -0.3 is 79.1 Å². The normalized spacial score (nSPS) is 50.2. The van der Waals surface area contributed by atoms with Crippen LogP contribution in [0.4, 0.5) is 0 Å². The highest BCUT2D eigenvalue weighted by Gasteiger charge is 2.53. The van der Waals surface area contributed by atoms with Gasteiger partial charge in [0.2, 0.25) is 0 Å². The lowest BCUT2D eigenvalue weighted by molar-refractivity contribution is -0.378. The van der Waals surface area contributed by atoms with Crippen molar-refractivity contribution in [2.75, 3.05) is 34.0 Å². The van der Waals surface area contributed by atoms with E-state index in [4.69, 9.17) is 33.2 Å². The van der Waals surface area contributed by atoms with Gasteiger partial charge >= 0.3 is 0 Å². The van der Waals surface area contributed by atoms with E-state index in [1.807, 2.05) is 0 Å². The second-order valence-corrected chi connectivity index (χ2v) is 8.82. The second kappa shape index (κ2) is 12.9. The molecule has 15 unspecified atom stereocenters. The van der Waals surface area contributed by atoms with Crippen LogP contribution in [0.5, 0.6) is 0 Å². The molecule has 3 heterocycles. The largest absolute Gasteiger partial charge is 0.394 e. The van der Waals surface area contributed by atoms with E-state index in [0.717, 1.165) is 0 Å². The number of aliphatic hydroxyl groups excluding tert-OH is 9. The Morgan fingerprint density at radius 1 is 0.528 bits per heavy atom. The van der Waals surface area contributed by atoms with Gasteiger partial charge in [-0.1, -0.05) is 0 Å². The number of methoxy groups -OCH3 is 2. The average molecular weight is 532 g/mol. The van der Waals surface area contributed by atoms with E-state index >= 15 is 0 Å². The molecule has 3 saturated heterocycles. The Labute approximate surface area is 206 Å². The summed E-state index contributed by atoms with van der Waals surface area (Å²) in [4.78, 5) is 0. The van der Waals surface area contributed by atoms with Crippen LogP contribution in [0.25, 0.3) is 0 Å². The smallest absolute Gasteiger partial charge is 0.187 e. The molecule has 212 valence electrons. The molecule has 3 aliphatic heterocycles. The molecular formula is C20H36O16. The van der Waals surface area contributed by atoms with Crippen molar-refractivity contribution in [2.45, 2.75) is 92.1 Å². The Morgan fingerprint density at radius 3 is 1.39 bits per heavy atom. The molecule has 9 N–H and O–H groups in total. The molecule has 0 aromatic carbocycles. The predicted molar refractivity (Wildman–Crippen MR) is 111 cm³/mol. The lowest BCUT2D eigenvalue weighted by atomic mass is 9.96. The third-order valence-corrected chi connectivity index (χ3v) is 6.46. The zero-order valence-corrected chi connectivity index (χ0v) is 19.7. The van der Waals surface area contributed by atoms with E-state index in [-0.39, 0.29) is 6.61 Å². The number of aliphatic hydroxyl groups is 9. The van der Waals surface area contributed by atoms with Crippen molar-refractivity contribution in [1.82, 2.24) is 0 Å². The van der Waals surface area contributed by atoms with Gasteiger partial charge in [-0.15, -0.1) is 0 Å². The first-order chi connectivity index (χ1) is 17.1. The molecule has 0 aliphatic carbocycles. The molecule has 16 heteroatoms. The molecule has 16 nitrogen and oxygen atoms in total. The average Bonchev–Trinajstić information content (AvgIpc) is 2.87. The molecule has 0 bridgehead atoms. The van der Waals surface area contributed by atoms with Gasteiger partial charge in [-0.2, -0.15) is 0 Å². The maximum Gasteiger partial charge on any atom is 0.187 e. The SMILES string of the molecule is COCC1OC(OC2C(CO)OC(OC3C(CO)OC(OC)C(O)C3O)C(O)C2O)C(O)C(O)C1O. The second-order valence-electron chi connectivity index (χ2n) is 8.82. The highest BCUT2D eigenvalue weighted by molar-refractivity contribution is 4.96. The van der Waals surface area contributed by atoms with Crippen LogP contribution in [0.2, 0.25) is 0 Å². The molecular weight excluding hydrogens is 496 g/mol. The standard InChI is InChI=1S/C20H36O16/c1-30-5-8-9(23)10(24)13(27)19(34-8)35-17-7(4-22)33-20(15(29)12(17)26)36-16-6(3-21)32-18(31-2)14(28)11(16)25/h6-29H,3-5H2,1-2H3. The molecule has 0 amide bonds. The highest BCUT2D eigenvalue weighted by Crippen LogP contribution is 2.32. The Hall–Kier alpha value is -0.640. The Kier molecular flexibility index (Phi) is 10.8. The van der Waals surface area contributed by atoms with E-state index in [0.29, 0.717) is 0 Å². The fourth-order valence-electron chi connectivity index (χ4n) is 4.39. The van der Waals surface area contributed by atoms with Crippen LogP contribution in [-0.4, -0.2) is 172 Å². The minimum atomic E-state index is -1.85. The molecule has 0 spiro atoms. The predicted octanol–water partition coefficient (Wildman–Crippen LogP) is -6.26. The van der Waals surface area contributed by atoms with Gasteiger partial charge in [0.1, 0.15) is 73.2 Å². The van der Waals surface area contributed by atoms with E-state index in [9.17, 15) is 46.0 Å². The van der Waals surface area contributed by atoms with Crippen molar-refractivity contribution in [3.8, 4) is 0 Å². The van der Waals surface area contributed by atoms with Gasteiger partial charge in [-0.05, 0) is 0 Å². The Morgan fingerprint density at radius 2 is 0.944 bits per heavy atom. The van der Waals surface area contributed by atoms with Crippen molar-refractivity contribution in [1.29, 1.82) is 0 Å². The van der Waals surface area contributed by atoms with Gasteiger partial charge in [0, 0.05) is 14.2 Å². The summed E-state index contributed by atoms with van der Waals surface area (Å²) in [5, 5.41) is 91.9. The molecule has 0 radical (unpaired) electrons. The minimum absolute atomic E-state index is 0.163. The molecule has 0 aromatic rings. The summed E-state index contributed by atoms with van der Waals surface area (Å²) in [5.74, 6) is 0. The van der Waals surface area contributed by atoms with E-state index < -0.39 is 105 Å². The lowest BCUT2D eigenvalue weighted by Crippen LogP contribution is -2.66. The molecule has 3 fully saturated rings. The van der Waals surface area contributed by atoms with Crippen LogP contribution in [0, 0.1) is 0 Å². The maximum atomic E-state index is 10.7. The maximum absolute atomic E-state index is 10.7. The van der Waals surface area contributed by atoms with Gasteiger partial charge in [-0.3, -0.25) is 0 Å². The zero-order chi connectivity index (χ0) is 26.7. The summed E-state index contributed by atoms with van der Waals surface area (Å²) < 4.78 is 37.2. The van der Waals surface area contributed by atoms with Gasteiger partial charge in [0.15, 0.2) is 18.9 Å². The lowest BCUT2D eigenvalue weighted by Gasteiger charge is -2.48. The van der Waals surface area contributed by atoms with E-state index in [2.05, 4.69) is 0 Å². The van der Waals surface area contributed by atoms with Crippen LogP contribution < -0.4 is 0 Å². The van der Waals surface area contributed by atoms with Gasteiger partial charge in [0.05, 0.1) is 19.8 Å². The monoisotopic (exact) mass is 532 g/mol. The number of hydrogen-bond donors (Lipinski definition) is 9. The summed E-state index contributed by atoms with van der Waals surface area (Å²) in [7, 11) is 2.54. The third-order valence-electron chi connectivity index (χ3n) is 6.46. The molecule has 3 aliphatic rings. The van der Waals surface area contributed by atoms with Crippen molar-refractivity contribution in [3.63, 3.8) is 0 Å². The van der Waals surface area contributed by atoms with E-state index in [1.165, 1.54) is 14.2 Å². The fourth-order valence-corrected chi connectivity index (χ4v) is 4.39. The summed E-state index contributed by atoms with van der Waals surface area (Å²) in [6, 6.07) is 0. The molecule has 3 rings (SSSR count). The van der Waals surface area contributed by atoms with Crippen LogP contribution in [0.15, 0.2) is 0 Å². The first-order valence-electron chi connectivity index (χ1n) is 11.4. The summed E-state index contributed by atoms with van der Waals surface area (Å²) in [5.41, 5.74) is 0. The topological polar surface area (TPSA) is 247 Å². The number of rotatable bonds is 9. The fraction of sp³-hybridized carbons (Fsp3) is 1.00. The van der Waals surface area contributed by atoms with Crippen molar-refractivity contribution >= 4 is 0 Å². The number of ether oxygens (including phenoxy) is 7. The molecule has 36 heavy (non-hydrogen) atoms. The number of hydrogen-bond acceptors (Lipinski definition) is 16. The minimum Gasteiger partial charge on any atom is -0.394 e. The molecule has 0 saturated carbocycles. The zero-order valence-electron chi connectivity index (χ0n) is 19.7. The molecule has 0 aromatic heterocycles. The van der Waals surface area contributed by atoms with Crippen molar-refractivity contribution in [3.05, 3.63) is 0 Å². The first-order valence-corrected chi connectivity index (χ1v) is 11.4. The molecule has 15 atom stereocenters. The van der Waals surface area contributed by atoms with Crippen LogP contribution >= 0.6 is 0 Å². The third kappa shape index (κ3) is 5.99. The quantitative estimate of drug-likeness (QED) is 0.134. The van der Waals surface area contributed by atoms with Gasteiger partial charge in [0.25, 0.3) is 0 Å².